The molecular weight excluding hydrogens is 220 g/mol. The molecule has 3 heteroatoms. The zero-order valence-corrected chi connectivity index (χ0v) is 10.5. The van der Waals surface area contributed by atoms with Crippen LogP contribution in [0.2, 0.25) is 0 Å². The van der Waals surface area contributed by atoms with Crippen LogP contribution in [0.1, 0.15) is 37.3 Å². The molecule has 0 saturated heterocycles. The van der Waals surface area contributed by atoms with Crippen molar-refractivity contribution in [3.63, 3.8) is 0 Å². The number of rotatable bonds is 6. The summed E-state index contributed by atoms with van der Waals surface area (Å²) in [6.45, 7) is 4.13. The summed E-state index contributed by atoms with van der Waals surface area (Å²) in [5.41, 5.74) is 1.92. The molecule has 0 atom stereocenters. The lowest BCUT2D eigenvalue weighted by Gasteiger charge is -2.04. The van der Waals surface area contributed by atoms with Crippen LogP contribution >= 0.6 is 12.4 Å². The number of halogens is 1. The highest BCUT2D eigenvalue weighted by Crippen LogP contribution is 2.03. The van der Waals surface area contributed by atoms with E-state index >= 15 is 0 Å². The first-order valence-electron chi connectivity index (χ1n) is 5.56. The molecule has 2 nitrogen and oxygen atoms in total. The van der Waals surface area contributed by atoms with Crippen molar-refractivity contribution in [3.8, 4) is 6.07 Å². The molecule has 88 valence electrons. The zero-order chi connectivity index (χ0) is 10.9. The van der Waals surface area contributed by atoms with Gasteiger partial charge in [-0.25, -0.2) is 0 Å². The van der Waals surface area contributed by atoms with E-state index in [0.717, 1.165) is 18.7 Å². The Morgan fingerprint density at radius 3 is 2.81 bits per heavy atom. The molecule has 0 aromatic heterocycles. The second kappa shape index (κ2) is 9.21. The maximum atomic E-state index is 8.73. The Labute approximate surface area is 104 Å². The average molecular weight is 239 g/mol. The highest BCUT2D eigenvalue weighted by Gasteiger charge is 1.94. The average Bonchev–Trinajstić information content (AvgIpc) is 2.29. The van der Waals surface area contributed by atoms with Crippen molar-refractivity contribution in [3.05, 3.63) is 35.4 Å². The third kappa shape index (κ3) is 5.75. The van der Waals surface area contributed by atoms with Gasteiger partial charge in [0.05, 0.1) is 11.6 Å². The summed E-state index contributed by atoms with van der Waals surface area (Å²) >= 11 is 0. The van der Waals surface area contributed by atoms with Crippen molar-refractivity contribution in [2.75, 3.05) is 6.54 Å². The summed E-state index contributed by atoms with van der Waals surface area (Å²) in [6.07, 6.45) is 3.77. The van der Waals surface area contributed by atoms with Gasteiger partial charge in [-0.15, -0.1) is 12.4 Å². The fourth-order valence-electron chi connectivity index (χ4n) is 1.48. The molecule has 0 saturated carbocycles. The number of nitrogens with one attached hydrogen (secondary N) is 1. The summed E-state index contributed by atoms with van der Waals surface area (Å²) in [4.78, 5) is 0. The van der Waals surface area contributed by atoms with Crippen molar-refractivity contribution in [2.24, 2.45) is 0 Å². The van der Waals surface area contributed by atoms with E-state index in [-0.39, 0.29) is 12.4 Å². The Kier molecular flexibility index (Phi) is 8.61. The molecule has 1 N–H and O–H groups in total. The van der Waals surface area contributed by atoms with E-state index < -0.39 is 0 Å². The second-order valence-electron chi connectivity index (χ2n) is 3.70. The summed E-state index contributed by atoms with van der Waals surface area (Å²) in [7, 11) is 0. The van der Waals surface area contributed by atoms with Crippen LogP contribution in [-0.4, -0.2) is 6.54 Å². The number of benzene rings is 1. The first kappa shape index (κ1) is 15.0. The van der Waals surface area contributed by atoms with E-state index in [1.54, 1.807) is 0 Å². The van der Waals surface area contributed by atoms with Gasteiger partial charge in [0, 0.05) is 6.54 Å². The smallest absolute Gasteiger partial charge is 0.0991 e. The molecule has 0 aliphatic carbocycles. The number of nitrogens with zero attached hydrogens (tertiary/aromatic N) is 1. The zero-order valence-electron chi connectivity index (χ0n) is 9.70. The van der Waals surface area contributed by atoms with Gasteiger partial charge in [-0.2, -0.15) is 5.26 Å². The maximum absolute atomic E-state index is 8.73. The van der Waals surface area contributed by atoms with Gasteiger partial charge in [0.2, 0.25) is 0 Å². The van der Waals surface area contributed by atoms with Crippen LogP contribution in [0.3, 0.4) is 0 Å². The van der Waals surface area contributed by atoms with Gasteiger partial charge in [-0.1, -0.05) is 31.9 Å². The quantitative estimate of drug-likeness (QED) is 0.773. The third-order valence-corrected chi connectivity index (χ3v) is 2.34. The highest BCUT2D eigenvalue weighted by atomic mass is 35.5. The summed E-state index contributed by atoms with van der Waals surface area (Å²) in [6, 6.07) is 9.90. The van der Waals surface area contributed by atoms with Crippen molar-refractivity contribution in [1.29, 1.82) is 5.26 Å². The SMILES string of the molecule is CCCCCNCc1cccc(C#N)c1.Cl. The molecular formula is C13H19ClN2. The lowest BCUT2D eigenvalue weighted by Crippen LogP contribution is -2.14. The normalized spacial score (nSPS) is 9.25. The van der Waals surface area contributed by atoms with Gasteiger partial charge in [0.1, 0.15) is 0 Å². The second-order valence-corrected chi connectivity index (χ2v) is 3.70. The van der Waals surface area contributed by atoms with Crippen molar-refractivity contribution in [2.45, 2.75) is 32.7 Å². The van der Waals surface area contributed by atoms with E-state index in [1.807, 2.05) is 24.3 Å². The van der Waals surface area contributed by atoms with Crippen LogP contribution in [0, 0.1) is 11.3 Å². The predicted molar refractivity (Wildman–Crippen MR) is 69.6 cm³/mol. The van der Waals surface area contributed by atoms with Crippen molar-refractivity contribution >= 4 is 12.4 Å². The number of nitriles is 1. The van der Waals surface area contributed by atoms with E-state index in [9.17, 15) is 0 Å². The largest absolute Gasteiger partial charge is 0.313 e. The molecule has 0 amide bonds. The summed E-state index contributed by atoms with van der Waals surface area (Å²) in [5, 5.41) is 12.1. The van der Waals surface area contributed by atoms with Crippen LogP contribution < -0.4 is 5.32 Å². The fourth-order valence-corrected chi connectivity index (χ4v) is 1.48. The summed E-state index contributed by atoms with van der Waals surface area (Å²) < 4.78 is 0. The molecule has 0 spiro atoms. The molecule has 0 radical (unpaired) electrons. The maximum Gasteiger partial charge on any atom is 0.0991 e. The Bertz CT molecular complexity index is 331. The van der Waals surface area contributed by atoms with Gasteiger partial charge >= 0.3 is 0 Å². The third-order valence-electron chi connectivity index (χ3n) is 2.34. The van der Waals surface area contributed by atoms with Crippen LogP contribution in [0.25, 0.3) is 0 Å². The van der Waals surface area contributed by atoms with E-state index in [2.05, 4.69) is 18.3 Å². The minimum absolute atomic E-state index is 0. The minimum atomic E-state index is 0. The van der Waals surface area contributed by atoms with Crippen LogP contribution in [0.4, 0.5) is 0 Å². The molecule has 0 aliphatic heterocycles. The molecule has 0 unspecified atom stereocenters. The molecule has 0 fully saturated rings. The lowest BCUT2D eigenvalue weighted by atomic mass is 10.1. The molecule has 16 heavy (non-hydrogen) atoms. The Morgan fingerprint density at radius 2 is 2.12 bits per heavy atom. The fraction of sp³-hybridized carbons (Fsp3) is 0.462. The van der Waals surface area contributed by atoms with Crippen LogP contribution in [0.15, 0.2) is 24.3 Å². The monoisotopic (exact) mass is 238 g/mol. The van der Waals surface area contributed by atoms with Crippen molar-refractivity contribution < 1.29 is 0 Å². The van der Waals surface area contributed by atoms with E-state index in [1.165, 1.54) is 24.8 Å². The summed E-state index contributed by atoms with van der Waals surface area (Å²) in [5.74, 6) is 0. The van der Waals surface area contributed by atoms with Crippen LogP contribution in [0.5, 0.6) is 0 Å². The molecule has 1 aromatic rings. The Hall–Kier alpha value is -1.04. The first-order chi connectivity index (χ1) is 7.36. The minimum Gasteiger partial charge on any atom is -0.313 e. The Morgan fingerprint density at radius 1 is 1.31 bits per heavy atom. The van der Waals surface area contributed by atoms with Crippen LogP contribution in [-0.2, 0) is 6.54 Å². The molecule has 0 bridgehead atoms. The molecule has 1 rings (SSSR count). The first-order valence-corrected chi connectivity index (χ1v) is 5.56. The van der Waals surface area contributed by atoms with Gasteiger partial charge in [0.15, 0.2) is 0 Å². The molecule has 1 aromatic carbocycles. The van der Waals surface area contributed by atoms with Gasteiger partial charge in [-0.3, -0.25) is 0 Å². The van der Waals surface area contributed by atoms with Gasteiger partial charge in [-0.05, 0) is 30.7 Å². The highest BCUT2D eigenvalue weighted by molar-refractivity contribution is 5.85. The van der Waals surface area contributed by atoms with Gasteiger partial charge in [0.25, 0.3) is 0 Å². The standard InChI is InChI=1S/C13H18N2.ClH/c1-2-3-4-8-15-11-13-7-5-6-12(9-13)10-14;/h5-7,9,15H,2-4,8,11H2,1H3;1H. The number of hydrogen-bond donors (Lipinski definition) is 1. The van der Waals surface area contributed by atoms with Gasteiger partial charge < -0.3 is 5.32 Å². The van der Waals surface area contributed by atoms with E-state index in [4.69, 9.17) is 5.26 Å². The molecule has 0 aliphatic rings. The van der Waals surface area contributed by atoms with Crippen molar-refractivity contribution in [1.82, 2.24) is 5.32 Å². The molecule has 0 heterocycles. The lowest BCUT2D eigenvalue weighted by molar-refractivity contribution is 0.617. The predicted octanol–water partition coefficient (Wildman–Crippen LogP) is 3.26. The Balaban J connectivity index is 0.00000225. The number of unbranched alkanes of at least 4 members (excludes halogenated alkanes) is 2. The number of hydrogen-bond acceptors (Lipinski definition) is 2. The van der Waals surface area contributed by atoms with E-state index in [0.29, 0.717) is 0 Å². The topological polar surface area (TPSA) is 35.8 Å².